The van der Waals surface area contributed by atoms with Crippen molar-refractivity contribution in [2.24, 2.45) is 0 Å². The number of hydrogen-bond acceptors (Lipinski definition) is 2. The van der Waals surface area contributed by atoms with Crippen molar-refractivity contribution < 1.29 is 14.0 Å². The molecule has 0 atom stereocenters. The van der Waals surface area contributed by atoms with Crippen LogP contribution in [0, 0.1) is 5.82 Å². The van der Waals surface area contributed by atoms with Crippen molar-refractivity contribution in [1.82, 2.24) is 10.2 Å². The van der Waals surface area contributed by atoms with Gasteiger partial charge in [-0.2, -0.15) is 0 Å². The Morgan fingerprint density at radius 3 is 2.33 bits per heavy atom. The number of piperidine rings is 1. The summed E-state index contributed by atoms with van der Waals surface area (Å²) in [7, 11) is 0. The van der Waals surface area contributed by atoms with Crippen molar-refractivity contribution in [3.05, 3.63) is 72.1 Å². The number of rotatable bonds is 4. The van der Waals surface area contributed by atoms with E-state index in [1.165, 1.54) is 18.2 Å². The number of nitrogens with zero attached hydrogens (tertiary/aromatic N) is 1. The topological polar surface area (TPSA) is 61.4 Å². The van der Waals surface area contributed by atoms with Crippen LogP contribution in [-0.4, -0.2) is 36.0 Å². The Bertz CT molecular complexity index is 798. The van der Waals surface area contributed by atoms with E-state index in [1.807, 2.05) is 30.3 Å². The molecule has 2 N–H and O–H groups in total. The van der Waals surface area contributed by atoms with E-state index < -0.39 is 0 Å². The molecule has 0 saturated carbocycles. The van der Waals surface area contributed by atoms with Crippen molar-refractivity contribution in [2.45, 2.75) is 18.9 Å². The third kappa shape index (κ3) is 5.67. The lowest BCUT2D eigenvalue weighted by Gasteiger charge is -2.32. The molecule has 1 saturated heterocycles. The summed E-state index contributed by atoms with van der Waals surface area (Å²) in [6.07, 6.45) is 4.51. The van der Waals surface area contributed by atoms with Crippen LogP contribution in [0.4, 0.5) is 14.9 Å². The Morgan fingerprint density at radius 2 is 1.67 bits per heavy atom. The van der Waals surface area contributed by atoms with Crippen LogP contribution in [0.3, 0.4) is 0 Å². The smallest absolute Gasteiger partial charge is 0.321 e. The van der Waals surface area contributed by atoms with Gasteiger partial charge in [0, 0.05) is 30.9 Å². The zero-order chi connectivity index (χ0) is 19.1. The molecule has 2 aromatic carbocycles. The van der Waals surface area contributed by atoms with Gasteiger partial charge in [-0.25, -0.2) is 9.18 Å². The van der Waals surface area contributed by atoms with Gasteiger partial charge in [0.25, 0.3) is 0 Å². The van der Waals surface area contributed by atoms with E-state index in [2.05, 4.69) is 10.6 Å². The van der Waals surface area contributed by atoms with Gasteiger partial charge in [0.1, 0.15) is 5.82 Å². The lowest BCUT2D eigenvalue weighted by molar-refractivity contribution is -0.117. The van der Waals surface area contributed by atoms with E-state index >= 15 is 0 Å². The first kappa shape index (κ1) is 18.6. The van der Waals surface area contributed by atoms with E-state index in [4.69, 9.17) is 0 Å². The minimum absolute atomic E-state index is 0.0381. The molecule has 0 aliphatic carbocycles. The first-order valence-corrected chi connectivity index (χ1v) is 8.95. The van der Waals surface area contributed by atoms with E-state index in [0.29, 0.717) is 25.9 Å². The second-order valence-electron chi connectivity index (χ2n) is 6.45. The number of carbonyl (C=O) groups excluding carboxylic acids is 2. The fourth-order valence-corrected chi connectivity index (χ4v) is 2.95. The van der Waals surface area contributed by atoms with Crippen LogP contribution in [0.1, 0.15) is 18.4 Å². The van der Waals surface area contributed by atoms with Crippen molar-refractivity contribution in [2.75, 3.05) is 18.4 Å². The molecular weight excluding hydrogens is 345 g/mol. The maximum absolute atomic E-state index is 12.9. The SMILES string of the molecule is O=C(/C=C/c1ccc(F)cc1)NC1CCN(C(=O)Nc2ccccc2)CC1. The number of urea groups is 1. The molecule has 1 heterocycles. The molecule has 5 nitrogen and oxygen atoms in total. The van der Waals surface area contributed by atoms with Crippen molar-refractivity contribution in [3.63, 3.8) is 0 Å². The average Bonchev–Trinajstić information content (AvgIpc) is 2.69. The van der Waals surface area contributed by atoms with Crippen LogP contribution in [0.2, 0.25) is 0 Å². The summed E-state index contributed by atoms with van der Waals surface area (Å²) < 4.78 is 12.9. The first-order valence-electron chi connectivity index (χ1n) is 8.95. The van der Waals surface area contributed by atoms with Crippen LogP contribution in [-0.2, 0) is 4.79 Å². The molecule has 140 valence electrons. The lowest BCUT2D eigenvalue weighted by atomic mass is 10.1. The van der Waals surface area contributed by atoms with E-state index in [-0.39, 0.29) is 23.8 Å². The number of anilines is 1. The molecule has 0 aromatic heterocycles. The number of nitrogens with one attached hydrogen (secondary N) is 2. The van der Waals surface area contributed by atoms with Crippen molar-refractivity contribution >= 4 is 23.7 Å². The van der Waals surface area contributed by atoms with E-state index in [9.17, 15) is 14.0 Å². The molecule has 0 bridgehead atoms. The number of hydrogen-bond donors (Lipinski definition) is 2. The molecule has 3 amide bonds. The fraction of sp³-hybridized carbons (Fsp3) is 0.238. The summed E-state index contributed by atoms with van der Waals surface area (Å²) in [6.45, 7) is 1.18. The van der Waals surface area contributed by atoms with Crippen LogP contribution >= 0.6 is 0 Å². The van der Waals surface area contributed by atoms with Crippen LogP contribution < -0.4 is 10.6 Å². The number of likely N-dealkylation sites (tertiary alicyclic amines) is 1. The Kier molecular flexibility index (Phi) is 6.20. The zero-order valence-corrected chi connectivity index (χ0v) is 14.9. The maximum atomic E-state index is 12.9. The van der Waals surface area contributed by atoms with E-state index in [0.717, 1.165) is 11.3 Å². The molecule has 0 radical (unpaired) electrons. The second-order valence-corrected chi connectivity index (χ2v) is 6.45. The van der Waals surface area contributed by atoms with Gasteiger partial charge in [0.15, 0.2) is 0 Å². The van der Waals surface area contributed by atoms with E-state index in [1.54, 1.807) is 23.1 Å². The Hall–Kier alpha value is -3.15. The third-order valence-electron chi connectivity index (χ3n) is 4.45. The number of benzene rings is 2. The van der Waals surface area contributed by atoms with Crippen LogP contribution in [0.15, 0.2) is 60.7 Å². The normalized spacial score (nSPS) is 14.9. The lowest BCUT2D eigenvalue weighted by Crippen LogP contribution is -2.47. The predicted octanol–water partition coefficient (Wildman–Crippen LogP) is 3.65. The van der Waals surface area contributed by atoms with Gasteiger partial charge >= 0.3 is 6.03 Å². The molecule has 6 heteroatoms. The molecular formula is C21H22FN3O2. The molecule has 0 unspecified atom stereocenters. The van der Waals surface area contributed by atoms with Gasteiger partial charge in [-0.05, 0) is 48.7 Å². The highest BCUT2D eigenvalue weighted by Gasteiger charge is 2.23. The Morgan fingerprint density at radius 1 is 1.00 bits per heavy atom. The molecule has 1 aliphatic heterocycles. The quantitative estimate of drug-likeness (QED) is 0.811. The number of amides is 3. The van der Waals surface area contributed by atoms with Gasteiger partial charge in [-0.3, -0.25) is 4.79 Å². The highest BCUT2D eigenvalue weighted by atomic mass is 19.1. The molecule has 0 spiro atoms. The first-order chi connectivity index (χ1) is 13.1. The number of para-hydroxylation sites is 1. The third-order valence-corrected chi connectivity index (χ3v) is 4.45. The molecule has 27 heavy (non-hydrogen) atoms. The molecule has 3 rings (SSSR count). The summed E-state index contributed by atoms with van der Waals surface area (Å²) in [5.41, 5.74) is 1.53. The standard InChI is InChI=1S/C21H22FN3O2/c22-17-9-6-16(7-10-17)8-11-20(26)23-19-12-14-25(15-13-19)21(27)24-18-4-2-1-3-5-18/h1-11,19H,12-15H2,(H,23,26)(H,24,27)/b11-8+. The van der Waals surface area contributed by atoms with Crippen molar-refractivity contribution in [3.8, 4) is 0 Å². The second kappa shape index (κ2) is 8.98. The monoisotopic (exact) mass is 367 g/mol. The predicted molar refractivity (Wildman–Crippen MR) is 104 cm³/mol. The largest absolute Gasteiger partial charge is 0.350 e. The average molecular weight is 367 g/mol. The van der Waals surface area contributed by atoms with Crippen LogP contribution in [0.5, 0.6) is 0 Å². The Labute approximate surface area is 157 Å². The summed E-state index contributed by atoms with van der Waals surface area (Å²) >= 11 is 0. The van der Waals surface area contributed by atoms with Gasteiger partial charge in [0.2, 0.25) is 5.91 Å². The van der Waals surface area contributed by atoms with Crippen molar-refractivity contribution in [1.29, 1.82) is 0 Å². The maximum Gasteiger partial charge on any atom is 0.321 e. The van der Waals surface area contributed by atoms with Gasteiger partial charge in [0.05, 0.1) is 0 Å². The zero-order valence-electron chi connectivity index (χ0n) is 14.9. The summed E-state index contributed by atoms with van der Waals surface area (Å²) in [5.74, 6) is -0.494. The van der Waals surface area contributed by atoms with Gasteiger partial charge in [-0.1, -0.05) is 30.3 Å². The fourth-order valence-electron chi connectivity index (χ4n) is 2.95. The Balaban J connectivity index is 1.43. The number of carbonyl (C=O) groups is 2. The summed E-state index contributed by atoms with van der Waals surface area (Å²) in [4.78, 5) is 26.1. The van der Waals surface area contributed by atoms with Gasteiger partial charge in [-0.15, -0.1) is 0 Å². The summed E-state index contributed by atoms with van der Waals surface area (Å²) in [6, 6.07) is 15.2. The summed E-state index contributed by atoms with van der Waals surface area (Å²) in [5, 5.41) is 5.82. The minimum Gasteiger partial charge on any atom is -0.350 e. The number of halogens is 1. The highest BCUT2D eigenvalue weighted by Crippen LogP contribution is 2.13. The highest BCUT2D eigenvalue weighted by molar-refractivity contribution is 5.92. The van der Waals surface area contributed by atoms with Gasteiger partial charge < -0.3 is 15.5 Å². The minimum atomic E-state index is -0.306. The molecule has 1 fully saturated rings. The molecule has 2 aromatic rings. The van der Waals surface area contributed by atoms with Crippen LogP contribution in [0.25, 0.3) is 6.08 Å². The molecule has 1 aliphatic rings.